The van der Waals surface area contributed by atoms with E-state index in [0.29, 0.717) is 22.9 Å². The minimum atomic E-state index is -1.05. The lowest BCUT2D eigenvalue weighted by Crippen LogP contribution is -2.42. The molecule has 2 amide bonds. The molecule has 0 spiro atoms. The Kier molecular flexibility index (Phi) is 8.24. The van der Waals surface area contributed by atoms with Gasteiger partial charge in [-0.15, -0.1) is 0 Å². The van der Waals surface area contributed by atoms with Crippen molar-refractivity contribution in [2.75, 3.05) is 6.61 Å². The molecule has 2 aromatic carbocycles. The van der Waals surface area contributed by atoms with E-state index in [4.69, 9.17) is 37.8 Å². The van der Waals surface area contributed by atoms with E-state index >= 15 is 0 Å². The standard InChI is InChI=1S/C23H19Cl2NO7S/c1-3-32-22(30)12(2)26-20(27)18(34-23(26)31)10-14-8-16(24)19(17(25)9-14)33-11-13-4-6-15(7-5-13)21(28)29/h4-10,12H,3,11H2,1-2H3,(H,28,29)/b18-10+/t12-/m1/s1. The molecule has 178 valence electrons. The van der Waals surface area contributed by atoms with Crippen LogP contribution in [-0.2, 0) is 20.9 Å². The van der Waals surface area contributed by atoms with E-state index in [2.05, 4.69) is 0 Å². The Morgan fingerprint density at radius 3 is 2.32 bits per heavy atom. The number of rotatable bonds is 8. The largest absolute Gasteiger partial charge is 0.486 e. The first-order valence-electron chi connectivity index (χ1n) is 10.00. The number of hydrogen-bond donors (Lipinski definition) is 1. The maximum atomic E-state index is 12.7. The third-order valence-electron chi connectivity index (χ3n) is 4.74. The minimum absolute atomic E-state index is 0.101. The molecule has 34 heavy (non-hydrogen) atoms. The molecule has 3 rings (SSSR count). The van der Waals surface area contributed by atoms with Gasteiger partial charge in [0.05, 0.1) is 27.1 Å². The highest BCUT2D eigenvalue weighted by molar-refractivity contribution is 8.18. The monoisotopic (exact) mass is 523 g/mol. The summed E-state index contributed by atoms with van der Waals surface area (Å²) in [7, 11) is 0. The smallest absolute Gasteiger partial charge is 0.335 e. The molecule has 0 aliphatic carbocycles. The summed E-state index contributed by atoms with van der Waals surface area (Å²) >= 11 is 13.4. The summed E-state index contributed by atoms with van der Waals surface area (Å²) in [5, 5.41) is 8.75. The number of carboxylic acids is 1. The topological polar surface area (TPSA) is 110 Å². The van der Waals surface area contributed by atoms with Crippen molar-refractivity contribution < 1.29 is 33.8 Å². The van der Waals surface area contributed by atoms with Gasteiger partial charge in [0.25, 0.3) is 11.1 Å². The van der Waals surface area contributed by atoms with Gasteiger partial charge in [0.2, 0.25) is 0 Å². The summed E-state index contributed by atoms with van der Waals surface area (Å²) in [5.74, 6) is -2.10. The molecular weight excluding hydrogens is 505 g/mol. The second-order valence-electron chi connectivity index (χ2n) is 7.08. The highest BCUT2D eigenvalue weighted by Crippen LogP contribution is 2.38. The number of ether oxygens (including phenoxy) is 2. The van der Waals surface area contributed by atoms with Crippen molar-refractivity contribution in [2.24, 2.45) is 0 Å². The lowest BCUT2D eigenvalue weighted by atomic mass is 10.1. The van der Waals surface area contributed by atoms with Gasteiger partial charge < -0.3 is 14.6 Å². The molecule has 1 saturated heterocycles. The van der Waals surface area contributed by atoms with Crippen LogP contribution in [0.3, 0.4) is 0 Å². The van der Waals surface area contributed by atoms with Crippen molar-refractivity contribution in [3.8, 4) is 5.75 Å². The number of carbonyl (C=O) groups excluding carboxylic acids is 3. The van der Waals surface area contributed by atoms with Crippen molar-refractivity contribution >= 4 is 64.1 Å². The Bertz CT molecular complexity index is 1160. The molecule has 1 atom stereocenters. The van der Waals surface area contributed by atoms with E-state index < -0.39 is 29.1 Å². The van der Waals surface area contributed by atoms with Gasteiger partial charge in [-0.3, -0.25) is 14.5 Å². The number of aromatic carboxylic acids is 1. The molecule has 1 heterocycles. The fraction of sp³-hybridized carbons (Fsp3) is 0.217. The summed E-state index contributed by atoms with van der Waals surface area (Å²) < 4.78 is 10.6. The molecule has 0 radical (unpaired) electrons. The average Bonchev–Trinajstić information content (AvgIpc) is 3.05. The molecule has 8 nitrogen and oxygen atoms in total. The predicted molar refractivity (Wildman–Crippen MR) is 128 cm³/mol. The highest BCUT2D eigenvalue weighted by atomic mass is 35.5. The Morgan fingerprint density at radius 1 is 1.15 bits per heavy atom. The Labute approximate surface area is 209 Å². The van der Waals surface area contributed by atoms with E-state index in [1.807, 2.05) is 0 Å². The van der Waals surface area contributed by atoms with Crippen molar-refractivity contribution in [2.45, 2.75) is 26.5 Å². The van der Waals surface area contributed by atoms with Crippen LogP contribution in [0.1, 0.15) is 35.3 Å². The van der Waals surface area contributed by atoms with Crippen LogP contribution in [0.4, 0.5) is 4.79 Å². The normalized spacial score (nSPS) is 15.5. The zero-order chi connectivity index (χ0) is 25.0. The first kappa shape index (κ1) is 25.6. The maximum Gasteiger partial charge on any atom is 0.335 e. The van der Waals surface area contributed by atoms with Crippen molar-refractivity contribution in [3.05, 3.63) is 68.0 Å². The zero-order valence-corrected chi connectivity index (χ0v) is 20.4. The van der Waals surface area contributed by atoms with Crippen LogP contribution < -0.4 is 4.74 Å². The molecule has 0 aromatic heterocycles. The van der Waals surface area contributed by atoms with Crippen molar-refractivity contribution in [1.82, 2.24) is 4.90 Å². The number of carbonyl (C=O) groups is 4. The highest BCUT2D eigenvalue weighted by Gasteiger charge is 2.41. The minimum Gasteiger partial charge on any atom is -0.486 e. The molecular formula is C23H19Cl2NO7S. The number of benzene rings is 2. The van der Waals surface area contributed by atoms with Gasteiger partial charge in [0.1, 0.15) is 12.6 Å². The lowest BCUT2D eigenvalue weighted by molar-refractivity contribution is -0.150. The van der Waals surface area contributed by atoms with Crippen LogP contribution in [0.5, 0.6) is 5.75 Å². The zero-order valence-electron chi connectivity index (χ0n) is 18.0. The van der Waals surface area contributed by atoms with Gasteiger partial charge in [-0.1, -0.05) is 35.3 Å². The van der Waals surface area contributed by atoms with Gasteiger partial charge in [-0.25, -0.2) is 9.59 Å². The van der Waals surface area contributed by atoms with Crippen molar-refractivity contribution in [1.29, 1.82) is 0 Å². The van der Waals surface area contributed by atoms with Crippen LogP contribution >= 0.6 is 35.0 Å². The SMILES string of the molecule is CCOC(=O)[C@@H](C)N1C(=O)S/C(=C/c2cc(Cl)c(OCc3ccc(C(=O)O)cc3)c(Cl)c2)C1=O. The summed E-state index contributed by atoms with van der Waals surface area (Å²) in [6.07, 6.45) is 1.45. The molecule has 11 heteroatoms. The van der Waals surface area contributed by atoms with Gasteiger partial charge >= 0.3 is 11.9 Å². The average molecular weight is 524 g/mol. The number of imide groups is 1. The van der Waals surface area contributed by atoms with Crippen LogP contribution in [0.25, 0.3) is 6.08 Å². The first-order valence-corrected chi connectivity index (χ1v) is 11.6. The second kappa shape index (κ2) is 10.9. The Balaban J connectivity index is 1.75. The van der Waals surface area contributed by atoms with Crippen LogP contribution in [0.2, 0.25) is 10.0 Å². The molecule has 0 saturated carbocycles. The van der Waals surface area contributed by atoms with Gasteiger partial charge in [-0.05, 0) is 67.1 Å². The van der Waals surface area contributed by atoms with E-state index in [1.54, 1.807) is 19.1 Å². The number of amides is 2. The summed E-state index contributed by atoms with van der Waals surface area (Å²) in [5.41, 5.74) is 1.33. The number of halogens is 2. The second-order valence-corrected chi connectivity index (χ2v) is 8.89. The fourth-order valence-corrected chi connectivity index (χ4v) is 4.55. The third-order valence-corrected chi connectivity index (χ3v) is 6.19. The number of esters is 1. The maximum absolute atomic E-state index is 12.7. The molecule has 1 aliphatic rings. The number of carboxylic acid groups (broad SMARTS) is 1. The Hall–Kier alpha value is -3.01. The van der Waals surface area contributed by atoms with Gasteiger partial charge in [-0.2, -0.15) is 0 Å². The lowest BCUT2D eigenvalue weighted by Gasteiger charge is -2.19. The van der Waals surface area contributed by atoms with E-state index in [-0.39, 0.29) is 39.5 Å². The molecule has 0 unspecified atom stereocenters. The fourth-order valence-electron chi connectivity index (χ4n) is 3.03. The number of nitrogens with zero attached hydrogens (tertiary/aromatic N) is 1. The van der Waals surface area contributed by atoms with E-state index in [1.165, 1.54) is 37.3 Å². The molecule has 1 fully saturated rings. The number of thioether (sulfide) groups is 1. The third kappa shape index (κ3) is 5.72. The summed E-state index contributed by atoms with van der Waals surface area (Å²) in [4.78, 5) is 48.9. The summed E-state index contributed by atoms with van der Waals surface area (Å²) in [6.45, 7) is 3.29. The number of hydrogen-bond acceptors (Lipinski definition) is 7. The van der Waals surface area contributed by atoms with Gasteiger partial charge in [0.15, 0.2) is 5.75 Å². The summed E-state index contributed by atoms with van der Waals surface area (Å²) in [6, 6.07) is 8.16. The predicted octanol–water partition coefficient (Wildman–Crippen LogP) is 5.26. The van der Waals surface area contributed by atoms with Crippen molar-refractivity contribution in [3.63, 3.8) is 0 Å². The van der Waals surface area contributed by atoms with Crippen LogP contribution in [0.15, 0.2) is 41.3 Å². The van der Waals surface area contributed by atoms with E-state index in [9.17, 15) is 19.2 Å². The van der Waals surface area contributed by atoms with E-state index in [0.717, 1.165) is 4.90 Å². The quantitative estimate of drug-likeness (QED) is 0.368. The molecule has 2 aromatic rings. The molecule has 1 N–H and O–H groups in total. The molecule has 0 bridgehead atoms. The Morgan fingerprint density at radius 2 is 1.76 bits per heavy atom. The molecule has 1 aliphatic heterocycles. The van der Waals surface area contributed by atoms with Gasteiger partial charge in [0, 0.05) is 0 Å². The van der Waals surface area contributed by atoms with Crippen LogP contribution in [-0.4, -0.2) is 45.7 Å². The van der Waals surface area contributed by atoms with Crippen LogP contribution in [0, 0.1) is 0 Å². The first-order chi connectivity index (χ1) is 16.1.